The second-order valence-electron chi connectivity index (χ2n) is 8.82. The molecular weight excluding hydrogens is 503 g/mol. The molecule has 190 valence electrons. The van der Waals surface area contributed by atoms with Crippen LogP contribution in [0.25, 0.3) is 6.08 Å². The van der Waals surface area contributed by atoms with Crippen molar-refractivity contribution < 1.29 is 18.7 Å². The molecule has 1 aliphatic rings. The van der Waals surface area contributed by atoms with E-state index in [1.54, 1.807) is 66.7 Å². The smallest absolute Gasteiger partial charge is 0.294 e. The molecule has 1 N–H and O–H groups in total. The maximum atomic E-state index is 14.4. The quantitative estimate of drug-likeness (QED) is 0.283. The molecule has 0 radical (unpaired) electrons. The van der Waals surface area contributed by atoms with Crippen LogP contribution in [0.4, 0.5) is 10.1 Å². The van der Waals surface area contributed by atoms with Crippen molar-refractivity contribution >= 4 is 35.2 Å². The molecule has 0 spiro atoms. The van der Waals surface area contributed by atoms with Gasteiger partial charge in [-0.25, -0.2) is 4.39 Å². The van der Waals surface area contributed by atoms with E-state index >= 15 is 0 Å². The zero-order valence-corrected chi connectivity index (χ0v) is 21.1. The summed E-state index contributed by atoms with van der Waals surface area (Å²) in [6.07, 6.45) is 2.31. The number of hydrogen-bond acceptors (Lipinski definition) is 3. The molecular formula is C31H24ClFN2O3. The normalized spacial score (nSPS) is 13.7. The van der Waals surface area contributed by atoms with Crippen LogP contribution in [-0.2, 0) is 17.8 Å². The molecule has 1 aliphatic heterocycles. The minimum absolute atomic E-state index is 0.0678. The number of fused-ring (bicyclic) bond motifs is 1. The van der Waals surface area contributed by atoms with Crippen LogP contribution in [-0.4, -0.2) is 18.4 Å². The molecule has 0 saturated carbocycles. The van der Waals surface area contributed by atoms with Gasteiger partial charge >= 0.3 is 0 Å². The molecule has 38 heavy (non-hydrogen) atoms. The summed E-state index contributed by atoms with van der Waals surface area (Å²) in [4.78, 5) is 27.4. The van der Waals surface area contributed by atoms with Crippen molar-refractivity contribution in [2.75, 3.05) is 11.4 Å². The van der Waals surface area contributed by atoms with Gasteiger partial charge in [-0.2, -0.15) is 0 Å². The molecule has 0 saturated heterocycles. The summed E-state index contributed by atoms with van der Waals surface area (Å²) in [6, 6.07) is 27.9. The Kier molecular flexibility index (Phi) is 7.52. The first-order valence-electron chi connectivity index (χ1n) is 12.1. The van der Waals surface area contributed by atoms with E-state index in [0.29, 0.717) is 46.1 Å². The summed E-state index contributed by atoms with van der Waals surface area (Å²) >= 11 is 5.91. The van der Waals surface area contributed by atoms with Gasteiger partial charge in [-0.05, 0) is 66.1 Å². The number of halogens is 2. The topological polar surface area (TPSA) is 58.6 Å². The van der Waals surface area contributed by atoms with Crippen molar-refractivity contribution in [2.24, 2.45) is 0 Å². The number of hydrogen-bond donors (Lipinski definition) is 1. The van der Waals surface area contributed by atoms with Gasteiger partial charge in [0.25, 0.3) is 11.8 Å². The lowest BCUT2D eigenvalue weighted by Gasteiger charge is -2.30. The van der Waals surface area contributed by atoms with Crippen molar-refractivity contribution in [3.8, 4) is 5.75 Å². The van der Waals surface area contributed by atoms with E-state index in [2.05, 4.69) is 5.32 Å². The highest BCUT2D eigenvalue weighted by atomic mass is 35.5. The van der Waals surface area contributed by atoms with Crippen LogP contribution in [0.2, 0.25) is 5.02 Å². The minimum Gasteiger partial charge on any atom is -0.449 e. The Morgan fingerprint density at radius 2 is 1.63 bits per heavy atom. The Labute approximate surface area is 225 Å². The van der Waals surface area contributed by atoms with Gasteiger partial charge in [0.1, 0.15) is 5.82 Å². The molecule has 1 heterocycles. The summed E-state index contributed by atoms with van der Waals surface area (Å²) in [6.45, 7) is 0.560. The average molecular weight is 527 g/mol. The third kappa shape index (κ3) is 5.76. The lowest BCUT2D eigenvalue weighted by molar-refractivity contribution is -0.117. The van der Waals surface area contributed by atoms with Crippen LogP contribution in [0.3, 0.4) is 0 Å². The summed E-state index contributed by atoms with van der Waals surface area (Å²) in [5.74, 6) is -0.326. The molecule has 5 nitrogen and oxygen atoms in total. The first-order chi connectivity index (χ1) is 18.5. The molecule has 5 rings (SSSR count). The predicted molar refractivity (Wildman–Crippen MR) is 147 cm³/mol. The van der Waals surface area contributed by atoms with Crippen LogP contribution < -0.4 is 15.0 Å². The van der Waals surface area contributed by atoms with Gasteiger partial charge < -0.3 is 10.1 Å². The lowest BCUT2D eigenvalue weighted by atomic mass is 10.1. The highest BCUT2D eigenvalue weighted by Crippen LogP contribution is 2.36. The molecule has 2 amide bonds. The van der Waals surface area contributed by atoms with E-state index in [4.69, 9.17) is 16.3 Å². The summed E-state index contributed by atoms with van der Waals surface area (Å²) < 4.78 is 20.3. The third-order valence-corrected chi connectivity index (χ3v) is 6.45. The second kappa shape index (κ2) is 11.3. The maximum absolute atomic E-state index is 14.4. The summed E-state index contributed by atoms with van der Waals surface area (Å²) in [7, 11) is 0. The first kappa shape index (κ1) is 25.2. The van der Waals surface area contributed by atoms with E-state index in [1.165, 1.54) is 11.0 Å². The Morgan fingerprint density at radius 3 is 2.39 bits per heavy atom. The summed E-state index contributed by atoms with van der Waals surface area (Å²) in [5, 5.41) is 3.59. The van der Waals surface area contributed by atoms with E-state index in [-0.39, 0.29) is 29.9 Å². The van der Waals surface area contributed by atoms with E-state index in [1.807, 2.05) is 30.3 Å². The summed E-state index contributed by atoms with van der Waals surface area (Å²) in [5.41, 5.74) is 3.26. The molecule has 4 aromatic rings. The predicted octanol–water partition coefficient (Wildman–Crippen LogP) is 6.42. The van der Waals surface area contributed by atoms with Gasteiger partial charge in [0, 0.05) is 22.7 Å². The van der Waals surface area contributed by atoms with Crippen LogP contribution in [0.5, 0.6) is 5.75 Å². The van der Waals surface area contributed by atoms with Crippen molar-refractivity contribution in [3.05, 3.63) is 136 Å². The zero-order valence-electron chi connectivity index (χ0n) is 20.4. The number of rotatable bonds is 7. The zero-order chi connectivity index (χ0) is 26.5. The molecule has 0 unspecified atom stereocenters. The fourth-order valence-electron chi connectivity index (χ4n) is 4.17. The third-order valence-electron chi connectivity index (χ3n) is 6.20. The molecule has 0 bridgehead atoms. The number of carbonyl (C=O) groups excluding carboxylic acids is 2. The van der Waals surface area contributed by atoms with Gasteiger partial charge in [0.05, 0.1) is 12.2 Å². The SMILES string of the molecule is O=C(NCCc1ccc(Cl)cc1)c1ccc(/C=C2\Oc3ccccc3N(Cc3ccccc3F)C2=O)cc1. The number of ether oxygens (including phenoxy) is 1. The van der Waals surface area contributed by atoms with Crippen molar-refractivity contribution in [1.29, 1.82) is 0 Å². The van der Waals surface area contributed by atoms with Gasteiger partial charge in [0.15, 0.2) is 11.5 Å². The molecule has 4 aromatic carbocycles. The van der Waals surface area contributed by atoms with Crippen molar-refractivity contribution in [3.63, 3.8) is 0 Å². The number of nitrogens with one attached hydrogen (secondary N) is 1. The van der Waals surface area contributed by atoms with Crippen LogP contribution in [0.15, 0.2) is 103 Å². The van der Waals surface area contributed by atoms with Crippen molar-refractivity contribution in [2.45, 2.75) is 13.0 Å². The fraction of sp³-hybridized carbons (Fsp3) is 0.0968. The van der Waals surface area contributed by atoms with Crippen LogP contribution in [0.1, 0.15) is 27.0 Å². The Balaban J connectivity index is 1.29. The number of para-hydroxylation sites is 2. The number of benzene rings is 4. The Bertz CT molecular complexity index is 1500. The minimum atomic E-state index is -0.379. The second-order valence-corrected chi connectivity index (χ2v) is 9.25. The van der Waals surface area contributed by atoms with E-state index in [0.717, 1.165) is 5.56 Å². The highest BCUT2D eigenvalue weighted by Gasteiger charge is 2.30. The average Bonchev–Trinajstić information content (AvgIpc) is 2.93. The standard InChI is InChI=1S/C31H24ClFN2O3/c32-25-15-11-21(12-16-25)17-18-34-30(36)23-13-9-22(10-14-23)19-29-31(37)35(20-24-5-1-2-6-26(24)33)27-7-3-4-8-28(27)38-29/h1-16,19H,17-18,20H2,(H,34,36)/b29-19-. The lowest BCUT2D eigenvalue weighted by Crippen LogP contribution is -2.37. The Morgan fingerprint density at radius 1 is 0.921 bits per heavy atom. The molecule has 0 aliphatic carbocycles. The fourth-order valence-corrected chi connectivity index (χ4v) is 4.30. The maximum Gasteiger partial charge on any atom is 0.294 e. The number of anilines is 1. The van der Waals surface area contributed by atoms with E-state index < -0.39 is 0 Å². The molecule has 0 aromatic heterocycles. The molecule has 0 atom stereocenters. The number of carbonyl (C=O) groups is 2. The first-order valence-corrected chi connectivity index (χ1v) is 12.5. The van der Waals surface area contributed by atoms with Crippen molar-refractivity contribution in [1.82, 2.24) is 5.32 Å². The van der Waals surface area contributed by atoms with E-state index in [9.17, 15) is 14.0 Å². The van der Waals surface area contributed by atoms with Crippen LogP contribution >= 0.6 is 11.6 Å². The monoisotopic (exact) mass is 526 g/mol. The van der Waals surface area contributed by atoms with Gasteiger partial charge in [-0.15, -0.1) is 0 Å². The number of nitrogens with zero attached hydrogens (tertiary/aromatic N) is 1. The number of amides is 2. The largest absolute Gasteiger partial charge is 0.449 e. The van der Waals surface area contributed by atoms with Gasteiger partial charge in [-0.1, -0.05) is 66.2 Å². The van der Waals surface area contributed by atoms with Gasteiger partial charge in [0.2, 0.25) is 0 Å². The van der Waals surface area contributed by atoms with Crippen LogP contribution in [0, 0.1) is 5.82 Å². The molecule has 7 heteroatoms. The van der Waals surface area contributed by atoms with Gasteiger partial charge in [-0.3, -0.25) is 14.5 Å². The highest BCUT2D eigenvalue weighted by molar-refractivity contribution is 6.30. The Hall–Kier alpha value is -4.42. The molecule has 0 fully saturated rings.